The van der Waals surface area contributed by atoms with Gasteiger partial charge in [-0.15, -0.1) is 11.3 Å². The third-order valence-electron chi connectivity index (χ3n) is 4.71. The van der Waals surface area contributed by atoms with Gasteiger partial charge in [0.2, 0.25) is 0 Å². The van der Waals surface area contributed by atoms with E-state index in [1.165, 1.54) is 35.0 Å². The third kappa shape index (κ3) is 2.47. The van der Waals surface area contributed by atoms with E-state index in [4.69, 9.17) is 0 Å². The second kappa shape index (κ2) is 5.02. The molecule has 3 heteroatoms. The molecule has 17 heavy (non-hydrogen) atoms. The summed E-state index contributed by atoms with van der Waals surface area (Å²) in [7, 11) is 0. The zero-order valence-electron chi connectivity index (χ0n) is 10.3. The zero-order chi connectivity index (χ0) is 11.8. The maximum absolute atomic E-state index is 3.73. The Morgan fingerprint density at radius 1 is 1.47 bits per heavy atom. The van der Waals surface area contributed by atoms with Gasteiger partial charge in [0.05, 0.1) is 0 Å². The van der Waals surface area contributed by atoms with Gasteiger partial charge in [0.1, 0.15) is 0 Å². The summed E-state index contributed by atoms with van der Waals surface area (Å²) in [5.41, 5.74) is 0. The van der Waals surface area contributed by atoms with Crippen LogP contribution in [0.25, 0.3) is 0 Å². The SMILES string of the molecule is CC(NCc1sccc1Br)C1CC2CCC1C2. The molecular formula is C14H20BrNS. The Morgan fingerprint density at radius 3 is 2.94 bits per heavy atom. The van der Waals surface area contributed by atoms with Crippen molar-refractivity contribution in [2.75, 3.05) is 0 Å². The molecule has 0 saturated heterocycles. The van der Waals surface area contributed by atoms with Crippen LogP contribution in [0.5, 0.6) is 0 Å². The monoisotopic (exact) mass is 313 g/mol. The van der Waals surface area contributed by atoms with Crippen molar-refractivity contribution in [3.63, 3.8) is 0 Å². The molecule has 4 unspecified atom stereocenters. The van der Waals surface area contributed by atoms with E-state index in [9.17, 15) is 0 Å². The van der Waals surface area contributed by atoms with Crippen LogP contribution in [0, 0.1) is 17.8 Å². The minimum Gasteiger partial charge on any atom is -0.309 e. The van der Waals surface area contributed by atoms with Crippen LogP contribution < -0.4 is 5.32 Å². The van der Waals surface area contributed by atoms with Crippen LogP contribution in [0.1, 0.15) is 37.5 Å². The summed E-state index contributed by atoms with van der Waals surface area (Å²) in [5, 5.41) is 5.89. The lowest BCUT2D eigenvalue weighted by molar-refractivity contribution is 0.260. The highest BCUT2D eigenvalue weighted by Gasteiger charge is 2.41. The zero-order valence-corrected chi connectivity index (χ0v) is 12.7. The van der Waals surface area contributed by atoms with Crippen molar-refractivity contribution in [1.29, 1.82) is 0 Å². The van der Waals surface area contributed by atoms with Crippen molar-refractivity contribution in [2.24, 2.45) is 17.8 Å². The number of thiophene rings is 1. The Hall–Kier alpha value is 0.140. The van der Waals surface area contributed by atoms with E-state index in [0.717, 1.165) is 24.3 Å². The van der Waals surface area contributed by atoms with Crippen LogP contribution in [0.3, 0.4) is 0 Å². The van der Waals surface area contributed by atoms with Crippen LogP contribution in [-0.2, 0) is 6.54 Å². The summed E-state index contributed by atoms with van der Waals surface area (Å²) < 4.78 is 1.26. The van der Waals surface area contributed by atoms with Gasteiger partial charge in [-0.1, -0.05) is 6.42 Å². The molecule has 0 amide bonds. The molecule has 2 bridgehead atoms. The topological polar surface area (TPSA) is 12.0 Å². The summed E-state index contributed by atoms with van der Waals surface area (Å²) in [6, 6.07) is 2.82. The molecule has 0 aliphatic heterocycles. The minimum absolute atomic E-state index is 0.680. The van der Waals surface area contributed by atoms with E-state index in [2.05, 4.69) is 39.6 Å². The maximum atomic E-state index is 3.73. The summed E-state index contributed by atoms with van der Waals surface area (Å²) >= 11 is 5.44. The molecule has 1 N–H and O–H groups in total. The van der Waals surface area contributed by atoms with E-state index in [1.54, 1.807) is 0 Å². The average molecular weight is 314 g/mol. The number of hydrogen-bond acceptors (Lipinski definition) is 2. The lowest BCUT2D eigenvalue weighted by Gasteiger charge is -2.28. The maximum Gasteiger partial charge on any atom is 0.0327 e. The van der Waals surface area contributed by atoms with Crippen LogP contribution in [0.15, 0.2) is 15.9 Å². The molecule has 0 aromatic carbocycles. The molecule has 0 radical (unpaired) electrons. The van der Waals surface area contributed by atoms with Crippen LogP contribution >= 0.6 is 27.3 Å². The van der Waals surface area contributed by atoms with E-state index >= 15 is 0 Å². The van der Waals surface area contributed by atoms with Gasteiger partial charge in [0.15, 0.2) is 0 Å². The molecular weight excluding hydrogens is 294 g/mol. The second-order valence-corrected chi connectivity index (χ2v) is 7.56. The largest absolute Gasteiger partial charge is 0.309 e. The standard InChI is InChI=1S/C14H20BrNS/c1-9(12-7-10-2-3-11(12)6-10)16-8-14-13(15)4-5-17-14/h4-5,9-12,16H,2-3,6-8H2,1H3. The predicted molar refractivity (Wildman–Crippen MR) is 77.3 cm³/mol. The molecule has 2 aliphatic rings. The molecule has 1 aromatic heterocycles. The predicted octanol–water partition coefficient (Wildman–Crippen LogP) is 4.42. The van der Waals surface area contributed by atoms with E-state index < -0.39 is 0 Å². The Labute approximate surface area is 116 Å². The molecule has 1 aromatic rings. The quantitative estimate of drug-likeness (QED) is 0.867. The summed E-state index contributed by atoms with van der Waals surface area (Å²) in [5.74, 6) is 3.02. The van der Waals surface area contributed by atoms with Crippen molar-refractivity contribution in [2.45, 2.75) is 45.2 Å². The molecule has 0 spiro atoms. The highest BCUT2D eigenvalue weighted by Crippen LogP contribution is 2.49. The molecule has 1 nitrogen and oxygen atoms in total. The van der Waals surface area contributed by atoms with Crippen molar-refractivity contribution in [3.05, 3.63) is 20.8 Å². The van der Waals surface area contributed by atoms with Gasteiger partial charge in [-0.2, -0.15) is 0 Å². The number of hydrogen-bond donors (Lipinski definition) is 1. The molecule has 4 atom stereocenters. The van der Waals surface area contributed by atoms with Crippen molar-refractivity contribution in [1.82, 2.24) is 5.32 Å². The fraction of sp³-hybridized carbons (Fsp3) is 0.714. The highest BCUT2D eigenvalue weighted by atomic mass is 79.9. The van der Waals surface area contributed by atoms with E-state index in [0.29, 0.717) is 6.04 Å². The first-order valence-electron chi connectivity index (χ1n) is 6.69. The number of nitrogens with one attached hydrogen (secondary N) is 1. The molecule has 2 saturated carbocycles. The summed E-state index contributed by atoms with van der Waals surface area (Å²) in [6.07, 6.45) is 5.98. The lowest BCUT2D eigenvalue weighted by atomic mass is 9.84. The summed E-state index contributed by atoms with van der Waals surface area (Å²) in [4.78, 5) is 1.43. The Kier molecular flexibility index (Phi) is 3.60. The number of rotatable bonds is 4. The van der Waals surface area contributed by atoms with Crippen molar-refractivity contribution >= 4 is 27.3 Å². The van der Waals surface area contributed by atoms with Gasteiger partial charge in [-0.25, -0.2) is 0 Å². The molecule has 94 valence electrons. The first kappa shape index (κ1) is 12.2. The second-order valence-electron chi connectivity index (χ2n) is 5.70. The summed E-state index contributed by atoms with van der Waals surface area (Å²) in [6.45, 7) is 3.40. The smallest absolute Gasteiger partial charge is 0.0327 e. The number of fused-ring (bicyclic) bond motifs is 2. The van der Waals surface area contributed by atoms with Gasteiger partial charge >= 0.3 is 0 Å². The van der Waals surface area contributed by atoms with Crippen LogP contribution in [0.2, 0.25) is 0 Å². The van der Waals surface area contributed by atoms with Gasteiger partial charge < -0.3 is 5.32 Å². The van der Waals surface area contributed by atoms with Gasteiger partial charge in [0.25, 0.3) is 0 Å². The first-order valence-corrected chi connectivity index (χ1v) is 8.36. The molecule has 1 heterocycles. The minimum atomic E-state index is 0.680. The Bertz CT molecular complexity index is 389. The number of halogens is 1. The van der Waals surface area contributed by atoms with Crippen molar-refractivity contribution < 1.29 is 0 Å². The normalized spacial score (nSPS) is 33.2. The van der Waals surface area contributed by atoms with Gasteiger partial charge in [-0.3, -0.25) is 0 Å². The Morgan fingerprint density at radius 2 is 2.35 bits per heavy atom. The van der Waals surface area contributed by atoms with E-state index in [-0.39, 0.29) is 0 Å². The van der Waals surface area contributed by atoms with Crippen molar-refractivity contribution in [3.8, 4) is 0 Å². The van der Waals surface area contributed by atoms with Gasteiger partial charge in [0, 0.05) is 21.9 Å². The van der Waals surface area contributed by atoms with E-state index in [1.807, 2.05) is 11.3 Å². The highest BCUT2D eigenvalue weighted by molar-refractivity contribution is 9.10. The molecule has 2 aliphatic carbocycles. The fourth-order valence-corrected chi connectivity index (χ4v) is 5.21. The fourth-order valence-electron chi connectivity index (χ4n) is 3.76. The van der Waals surface area contributed by atoms with Gasteiger partial charge in [-0.05, 0) is 71.3 Å². The van der Waals surface area contributed by atoms with Crippen LogP contribution in [0.4, 0.5) is 0 Å². The third-order valence-corrected chi connectivity index (χ3v) is 6.64. The Balaban J connectivity index is 1.54. The lowest BCUT2D eigenvalue weighted by Crippen LogP contribution is -2.35. The van der Waals surface area contributed by atoms with Crippen LogP contribution in [-0.4, -0.2) is 6.04 Å². The first-order chi connectivity index (χ1) is 8.24. The molecule has 2 fully saturated rings. The molecule has 3 rings (SSSR count). The average Bonchev–Trinajstić information content (AvgIpc) is 3.01.